The van der Waals surface area contributed by atoms with Crippen molar-refractivity contribution in [3.05, 3.63) is 88.3 Å². The molecule has 4 unspecified atom stereocenters. The number of rotatable bonds is 12. The summed E-state index contributed by atoms with van der Waals surface area (Å²) in [5.74, 6) is 0.873. The standard InChI is InChI=1S/C50H61N17O7/c1-5-66-38(17-27(3)59-66)47(70)55-49-53-36-19-30(44(51)68)21-40-42(36)64(49)15-7-8-16-65-43-37(54-50(65)56-48(71)39-18-28(4)60-67(39)6-2)20-31(46(69)52-32-11-9-29(10-12-32)45-57-61-62-58-45)22-41(43)73-26-33(25-72-40)63-23-34-13-14-35(24-63)74-34/h7-8,17-22,29,32-35,47,70H,5-6,9-16,23-26H2,1-4H3,(H2,51,68)(H,52,69)(H,53,55)(H,54,56,71)(H,57,58,61,62)/b8-7+/t29-,32-,33?,34?,35?,47?. The van der Waals surface area contributed by atoms with Gasteiger partial charge in [0.2, 0.25) is 17.8 Å². The summed E-state index contributed by atoms with van der Waals surface area (Å²) in [5, 5.41) is 44.8. The van der Waals surface area contributed by atoms with Crippen LogP contribution in [0.3, 0.4) is 0 Å². The summed E-state index contributed by atoms with van der Waals surface area (Å²) in [6.07, 6.45) is 7.71. The smallest absolute Gasteiger partial charge is 0.276 e. The predicted molar refractivity (Wildman–Crippen MR) is 270 cm³/mol. The molecule has 7 aromatic rings. The Hall–Kier alpha value is -7.70. The third-order valence-corrected chi connectivity index (χ3v) is 14.6. The second-order valence-corrected chi connectivity index (χ2v) is 19.6. The number of allylic oxidation sites excluding steroid dienone is 2. The van der Waals surface area contributed by atoms with Gasteiger partial charge in [-0.1, -0.05) is 12.2 Å². The third-order valence-electron chi connectivity index (χ3n) is 14.6. The van der Waals surface area contributed by atoms with E-state index in [0.717, 1.165) is 50.0 Å². The Morgan fingerprint density at radius 2 is 1.41 bits per heavy atom. The van der Waals surface area contributed by atoms with E-state index in [9.17, 15) is 19.5 Å². The van der Waals surface area contributed by atoms with E-state index in [-0.39, 0.29) is 73.9 Å². The van der Waals surface area contributed by atoms with Crippen molar-refractivity contribution in [1.29, 1.82) is 0 Å². The number of morpholine rings is 1. The van der Waals surface area contributed by atoms with E-state index in [1.165, 1.54) is 0 Å². The largest absolute Gasteiger partial charge is 0.490 e. The minimum atomic E-state index is -1.21. The molecule has 11 rings (SSSR count). The lowest BCUT2D eigenvalue weighted by Crippen LogP contribution is -2.52. The fraction of sp³-hybridized carbons (Fsp3) is 0.480. The monoisotopic (exact) mass is 1010 g/mol. The number of carbonyl (C=O) groups is 3. The number of fused-ring (bicyclic) bond motifs is 2. The molecule has 24 heteroatoms. The maximum absolute atomic E-state index is 14.4. The molecule has 5 aromatic heterocycles. The maximum Gasteiger partial charge on any atom is 0.276 e. The molecular weight excluding hydrogens is 951 g/mol. The first kappa shape index (κ1) is 48.6. The molecule has 1 aliphatic carbocycles. The summed E-state index contributed by atoms with van der Waals surface area (Å²) in [4.78, 5) is 53.8. The Morgan fingerprint density at radius 3 is 2.05 bits per heavy atom. The number of tetrazole rings is 1. The van der Waals surface area contributed by atoms with Crippen molar-refractivity contribution in [2.75, 3.05) is 36.9 Å². The number of imidazole rings is 2. The number of aromatic amines is 1. The number of carbonyl (C=O) groups excluding carboxylic acids is 3. The molecule has 74 heavy (non-hydrogen) atoms. The Bertz CT molecular complexity index is 3240. The number of aromatic nitrogens is 12. The number of nitrogens with two attached hydrogens (primary N) is 1. The lowest BCUT2D eigenvalue weighted by molar-refractivity contribution is -0.0639. The van der Waals surface area contributed by atoms with Crippen LogP contribution >= 0.6 is 0 Å². The van der Waals surface area contributed by atoms with Crippen molar-refractivity contribution in [3.63, 3.8) is 0 Å². The van der Waals surface area contributed by atoms with Crippen molar-refractivity contribution in [2.45, 2.75) is 129 Å². The highest BCUT2D eigenvalue weighted by atomic mass is 16.5. The van der Waals surface area contributed by atoms with Gasteiger partial charge in [-0.2, -0.15) is 10.2 Å². The molecule has 3 aliphatic heterocycles. The van der Waals surface area contributed by atoms with Crippen LogP contribution in [0.2, 0.25) is 0 Å². The van der Waals surface area contributed by atoms with Gasteiger partial charge >= 0.3 is 0 Å². The highest BCUT2D eigenvalue weighted by Gasteiger charge is 2.38. The van der Waals surface area contributed by atoms with Crippen LogP contribution in [-0.4, -0.2) is 138 Å². The average molecular weight is 1010 g/mol. The van der Waals surface area contributed by atoms with Gasteiger partial charge in [0.15, 0.2) is 12.1 Å². The van der Waals surface area contributed by atoms with E-state index >= 15 is 0 Å². The maximum atomic E-state index is 14.4. The van der Waals surface area contributed by atoms with Crippen molar-refractivity contribution in [2.24, 2.45) is 5.73 Å². The van der Waals surface area contributed by atoms with Crippen LogP contribution in [0.5, 0.6) is 11.5 Å². The summed E-state index contributed by atoms with van der Waals surface area (Å²) in [6, 6.07) is 9.82. The Balaban J connectivity index is 1.01. The number of likely N-dealkylation sites (tertiary alicyclic amines) is 1. The molecule has 7 N–H and O–H groups in total. The number of H-pyrrole nitrogens is 1. The van der Waals surface area contributed by atoms with E-state index < -0.39 is 18.0 Å². The number of hydrogen-bond donors (Lipinski definition) is 6. The average Bonchev–Trinajstić information content (AvgIpc) is 4.28. The normalized spacial score (nSPS) is 22.1. The number of aliphatic hydroxyl groups excluding tert-OH is 1. The van der Waals surface area contributed by atoms with Crippen LogP contribution in [0.1, 0.15) is 119 Å². The van der Waals surface area contributed by atoms with Gasteiger partial charge < -0.3 is 44.8 Å². The molecule has 2 saturated heterocycles. The predicted octanol–water partition coefficient (Wildman–Crippen LogP) is 4.12. The van der Waals surface area contributed by atoms with Gasteiger partial charge in [-0.3, -0.25) is 34.0 Å². The summed E-state index contributed by atoms with van der Waals surface area (Å²) in [6.45, 7) is 10.5. The first-order chi connectivity index (χ1) is 35.9. The fourth-order valence-corrected chi connectivity index (χ4v) is 10.9. The fourth-order valence-electron chi connectivity index (χ4n) is 10.9. The van der Waals surface area contributed by atoms with E-state index in [2.05, 4.69) is 51.7 Å². The van der Waals surface area contributed by atoms with Crippen LogP contribution in [-0.2, 0) is 30.9 Å². The van der Waals surface area contributed by atoms with Crippen LogP contribution in [0.4, 0.5) is 11.9 Å². The molecule has 3 fully saturated rings. The minimum Gasteiger partial charge on any atom is -0.490 e. The molecule has 1 saturated carbocycles. The van der Waals surface area contributed by atoms with Gasteiger partial charge in [0.05, 0.1) is 46.4 Å². The Labute approximate surface area is 425 Å². The summed E-state index contributed by atoms with van der Waals surface area (Å²) >= 11 is 0. The van der Waals surface area contributed by atoms with Gasteiger partial charge in [0.1, 0.15) is 41.4 Å². The van der Waals surface area contributed by atoms with Gasteiger partial charge in [-0.15, -0.1) is 5.10 Å². The second kappa shape index (κ2) is 20.3. The molecule has 2 bridgehead atoms. The molecule has 4 atom stereocenters. The third kappa shape index (κ3) is 9.66. The van der Waals surface area contributed by atoms with Crippen molar-refractivity contribution in [1.82, 2.24) is 69.5 Å². The number of nitrogens with one attached hydrogen (secondary N) is 4. The molecule has 0 radical (unpaired) electrons. The quantitative estimate of drug-likeness (QED) is 0.0741. The van der Waals surface area contributed by atoms with E-state index in [4.69, 9.17) is 29.9 Å². The van der Waals surface area contributed by atoms with Crippen LogP contribution in [0.25, 0.3) is 22.1 Å². The molecule has 24 nitrogen and oxygen atoms in total. The van der Waals surface area contributed by atoms with E-state index in [0.29, 0.717) is 88.3 Å². The van der Waals surface area contributed by atoms with Crippen molar-refractivity contribution >= 4 is 51.7 Å². The highest BCUT2D eigenvalue weighted by Crippen LogP contribution is 2.37. The Morgan fingerprint density at radius 1 is 0.784 bits per heavy atom. The zero-order valence-corrected chi connectivity index (χ0v) is 41.8. The number of anilines is 2. The lowest BCUT2D eigenvalue weighted by atomic mass is 9.85. The van der Waals surface area contributed by atoms with Crippen molar-refractivity contribution in [3.8, 4) is 11.5 Å². The molecule has 8 heterocycles. The number of ether oxygens (including phenoxy) is 3. The van der Waals surface area contributed by atoms with Gasteiger partial charge in [0.25, 0.3) is 11.8 Å². The molecule has 0 spiro atoms. The molecule has 3 amide bonds. The first-order valence-corrected chi connectivity index (χ1v) is 25.5. The number of aryl methyl sites for hydroxylation is 4. The number of primary amides is 1. The van der Waals surface area contributed by atoms with Gasteiger partial charge in [-0.25, -0.2) is 15.1 Å². The molecule has 4 aliphatic rings. The van der Waals surface area contributed by atoms with Crippen molar-refractivity contribution < 1.29 is 33.7 Å². The van der Waals surface area contributed by atoms with Gasteiger partial charge in [0, 0.05) is 62.4 Å². The summed E-state index contributed by atoms with van der Waals surface area (Å²) in [5.41, 5.74) is 10.8. The number of nitrogens with zero attached hydrogens (tertiary/aromatic N) is 12. The lowest BCUT2D eigenvalue weighted by Gasteiger charge is -2.37. The number of amides is 3. The summed E-state index contributed by atoms with van der Waals surface area (Å²) < 4.78 is 27.2. The van der Waals surface area contributed by atoms with E-state index in [1.807, 2.05) is 55.0 Å². The SMILES string of the molecule is CCn1nc(C)cc1C(=O)Nc1nc2cc(C(=O)N[C@H]3CC[C@H](c4nnn[nH]4)CC3)cc3c2n1C/C=C/Cn1c(NC(O)c2cc(C)nn2CC)nc2cc(C(N)=O)cc(c21)OCC(N1CC2CCC(C1)O2)CO3. The molecule has 2 aromatic carbocycles. The number of hydrogen-bond acceptors (Lipinski definition) is 16. The number of benzene rings is 2. The Kier molecular flexibility index (Phi) is 13.3. The van der Waals surface area contributed by atoms with Gasteiger partial charge in [-0.05, 0) is 113 Å². The van der Waals surface area contributed by atoms with Crippen LogP contribution < -0.4 is 31.2 Å². The topological polar surface area (TPSA) is 290 Å². The second-order valence-electron chi connectivity index (χ2n) is 19.6. The van der Waals surface area contributed by atoms with Crippen LogP contribution in [0.15, 0.2) is 48.6 Å². The zero-order valence-electron chi connectivity index (χ0n) is 41.8. The van der Waals surface area contributed by atoms with E-state index in [1.54, 1.807) is 39.7 Å². The zero-order chi connectivity index (χ0) is 51.2. The molecule has 388 valence electrons. The summed E-state index contributed by atoms with van der Waals surface area (Å²) in [7, 11) is 0. The minimum absolute atomic E-state index is 0.0391. The van der Waals surface area contributed by atoms with Crippen LogP contribution in [0, 0.1) is 13.8 Å². The first-order valence-electron chi connectivity index (χ1n) is 25.5. The highest BCUT2D eigenvalue weighted by molar-refractivity contribution is 6.04. The number of aliphatic hydroxyl groups is 1. The molecular formula is C50H61N17O7.